The van der Waals surface area contributed by atoms with Crippen molar-refractivity contribution in [1.29, 1.82) is 0 Å². The predicted octanol–water partition coefficient (Wildman–Crippen LogP) is 2.00. The van der Waals surface area contributed by atoms with Crippen molar-refractivity contribution in [3.63, 3.8) is 0 Å². The lowest BCUT2D eigenvalue weighted by atomic mass is 9.95. The number of hydrogen-bond acceptors (Lipinski definition) is 1. The highest BCUT2D eigenvalue weighted by atomic mass is 35.5. The first kappa shape index (κ1) is 8.35. The van der Waals surface area contributed by atoms with Crippen molar-refractivity contribution in [3.05, 3.63) is 0 Å². The van der Waals surface area contributed by atoms with Gasteiger partial charge < -0.3 is 5.32 Å². The summed E-state index contributed by atoms with van der Waals surface area (Å²) in [6, 6.07) is 0.649. The van der Waals surface area contributed by atoms with Crippen LogP contribution in [0.5, 0.6) is 0 Å². The molecule has 0 unspecified atom stereocenters. The van der Waals surface area contributed by atoms with Gasteiger partial charge in [0.15, 0.2) is 0 Å². The number of piperidine rings is 1. The van der Waals surface area contributed by atoms with Gasteiger partial charge in [0.2, 0.25) is 0 Å². The van der Waals surface area contributed by atoms with Crippen molar-refractivity contribution < 1.29 is 0 Å². The van der Waals surface area contributed by atoms with Crippen LogP contribution in [0.25, 0.3) is 0 Å². The summed E-state index contributed by atoms with van der Waals surface area (Å²) in [5.41, 5.74) is 0. The third kappa shape index (κ3) is 2.14. The highest BCUT2D eigenvalue weighted by Gasteiger charge is 2.21. The third-order valence-corrected chi connectivity index (χ3v) is 2.57. The molecule has 0 radical (unpaired) electrons. The maximum atomic E-state index is 6.02. The average Bonchev–Trinajstić information content (AvgIpc) is 1.88. The van der Waals surface area contributed by atoms with Crippen molar-refractivity contribution in [1.82, 2.24) is 5.32 Å². The molecule has 0 spiro atoms. The first-order valence-corrected chi connectivity index (χ1v) is 4.51. The molecule has 60 valence electrons. The Hall–Kier alpha value is 0.250. The van der Waals surface area contributed by atoms with Gasteiger partial charge in [0.1, 0.15) is 0 Å². The number of alkyl halides is 1. The topological polar surface area (TPSA) is 12.0 Å². The average molecular weight is 162 g/mol. The SMILES string of the molecule is CC(C)[C@@H]1C[C@H](Cl)CCN1. The molecule has 1 aliphatic rings. The van der Waals surface area contributed by atoms with Gasteiger partial charge in [0.25, 0.3) is 0 Å². The quantitative estimate of drug-likeness (QED) is 0.581. The molecule has 1 N–H and O–H groups in total. The molecule has 0 amide bonds. The predicted molar refractivity (Wildman–Crippen MR) is 45.5 cm³/mol. The Morgan fingerprint density at radius 1 is 1.50 bits per heavy atom. The summed E-state index contributed by atoms with van der Waals surface area (Å²) in [7, 11) is 0. The number of rotatable bonds is 1. The molecule has 1 fully saturated rings. The maximum absolute atomic E-state index is 6.02. The lowest BCUT2D eigenvalue weighted by Gasteiger charge is -2.29. The number of hydrogen-bond donors (Lipinski definition) is 1. The molecule has 0 aromatic rings. The minimum atomic E-state index is 0.411. The Morgan fingerprint density at radius 2 is 2.20 bits per heavy atom. The van der Waals surface area contributed by atoms with Gasteiger partial charge >= 0.3 is 0 Å². The molecule has 1 rings (SSSR count). The fraction of sp³-hybridized carbons (Fsp3) is 1.00. The monoisotopic (exact) mass is 161 g/mol. The third-order valence-electron chi connectivity index (χ3n) is 2.18. The first-order valence-electron chi connectivity index (χ1n) is 4.07. The molecule has 0 aromatic heterocycles. The van der Waals surface area contributed by atoms with Crippen LogP contribution in [0.4, 0.5) is 0 Å². The molecule has 2 heteroatoms. The van der Waals surface area contributed by atoms with Gasteiger partial charge in [-0.1, -0.05) is 13.8 Å². The fourth-order valence-corrected chi connectivity index (χ4v) is 1.71. The Bertz CT molecular complexity index is 103. The molecule has 1 nitrogen and oxygen atoms in total. The molecule has 1 saturated heterocycles. The highest BCUT2D eigenvalue weighted by Crippen LogP contribution is 2.18. The Kier molecular flexibility index (Phi) is 2.99. The van der Waals surface area contributed by atoms with Crippen LogP contribution in [0.2, 0.25) is 0 Å². The Labute approximate surface area is 68.1 Å². The van der Waals surface area contributed by atoms with Crippen LogP contribution in [-0.2, 0) is 0 Å². The molecule has 1 heterocycles. The fourth-order valence-electron chi connectivity index (χ4n) is 1.41. The van der Waals surface area contributed by atoms with E-state index in [2.05, 4.69) is 19.2 Å². The van der Waals surface area contributed by atoms with Crippen LogP contribution in [0, 0.1) is 5.92 Å². The summed E-state index contributed by atoms with van der Waals surface area (Å²) in [6.07, 6.45) is 2.27. The van der Waals surface area contributed by atoms with Gasteiger partial charge in [-0.3, -0.25) is 0 Å². The zero-order chi connectivity index (χ0) is 7.56. The van der Waals surface area contributed by atoms with Gasteiger partial charge in [0, 0.05) is 11.4 Å². The normalized spacial score (nSPS) is 34.8. The van der Waals surface area contributed by atoms with E-state index in [0.29, 0.717) is 11.4 Å². The van der Waals surface area contributed by atoms with E-state index in [1.54, 1.807) is 0 Å². The first-order chi connectivity index (χ1) is 4.70. The van der Waals surface area contributed by atoms with Gasteiger partial charge in [0.05, 0.1) is 0 Å². The van der Waals surface area contributed by atoms with Crippen molar-refractivity contribution in [3.8, 4) is 0 Å². The Balaban J connectivity index is 2.32. The van der Waals surface area contributed by atoms with Gasteiger partial charge in [-0.15, -0.1) is 11.6 Å². The maximum Gasteiger partial charge on any atom is 0.0363 e. The number of halogens is 1. The lowest BCUT2D eigenvalue weighted by molar-refractivity contribution is 0.330. The van der Waals surface area contributed by atoms with Crippen LogP contribution in [-0.4, -0.2) is 18.0 Å². The largest absolute Gasteiger partial charge is 0.314 e. The lowest BCUT2D eigenvalue weighted by Crippen LogP contribution is -2.41. The number of nitrogens with one attached hydrogen (secondary N) is 1. The summed E-state index contributed by atoms with van der Waals surface area (Å²) >= 11 is 6.02. The van der Waals surface area contributed by atoms with Crippen molar-refractivity contribution >= 4 is 11.6 Å². The van der Waals surface area contributed by atoms with Crippen molar-refractivity contribution in [2.24, 2.45) is 5.92 Å². The molecule has 0 bridgehead atoms. The second kappa shape index (κ2) is 3.59. The van der Waals surface area contributed by atoms with Gasteiger partial charge in [-0.05, 0) is 25.3 Å². The summed E-state index contributed by atoms with van der Waals surface area (Å²) in [5, 5.41) is 3.88. The van der Waals surface area contributed by atoms with Gasteiger partial charge in [-0.2, -0.15) is 0 Å². The summed E-state index contributed by atoms with van der Waals surface area (Å²) in [6.45, 7) is 5.58. The zero-order valence-corrected chi connectivity index (χ0v) is 7.49. The van der Waals surface area contributed by atoms with E-state index < -0.39 is 0 Å². The summed E-state index contributed by atoms with van der Waals surface area (Å²) in [4.78, 5) is 0. The van der Waals surface area contributed by atoms with Crippen molar-refractivity contribution in [2.75, 3.05) is 6.54 Å². The Morgan fingerprint density at radius 3 is 2.60 bits per heavy atom. The summed E-state index contributed by atoms with van der Waals surface area (Å²) < 4.78 is 0. The van der Waals surface area contributed by atoms with Crippen LogP contribution < -0.4 is 5.32 Å². The van der Waals surface area contributed by atoms with E-state index >= 15 is 0 Å². The second-order valence-corrected chi connectivity index (χ2v) is 4.04. The van der Waals surface area contributed by atoms with Gasteiger partial charge in [-0.25, -0.2) is 0 Å². The van der Waals surface area contributed by atoms with Crippen LogP contribution in [0.1, 0.15) is 26.7 Å². The minimum absolute atomic E-state index is 0.411. The molecule has 1 aliphatic heterocycles. The van der Waals surface area contributed by atoms with E-state index in [0.717, 1.165) is 25.3 Å². The second-order valence-electron chi connectivity index (χ2n) is 3.43. The minimum Gasteiger partial charge on any atom is -0.314 e. The van der Waals surface area contributed by atoms with E-state index in [-0.39, 0.29) is 0 Å². The van der Waals surface area contributed by atoms with E-state index in [1.165, 1.54) is 0 Å². The van der Waals surface area contributed by atoms with Crippen LogP contribution >= 0.6 is 11.6 Å². The molecule has 0 saturated carbocycles. The molecule has 2 atom stereocenters. The van der Waals surface area contributed by atoms with E-state index in [9.17, 15) is 0 Å². The van der Waals surface area contributed by atoms with E-state index in [4.69, 9.17) is 11.6 Å². The van der Waals surface area contributed by atoms with Crippen LogP contribution in [0.15, 0.2) is 0 Å². The molecule has 0 aromatic carbocycles. The smallest absolute Gasteiger partial charge is 0.0363 e. The zero-order valence-electron chi connectivity index (χ0n) is 6.73. The molecular weight excluding hydrogens is 146 g/mol. The molecule has 10 heavy (non-hydrogen) atoms. The highest BCUT2D eigenvalue weighted by molar-refractivity contribution is 6.20. The molecule has 0 aliphatic carbocycles. The van der Waals surface area contributed by atoms with E-state index in [1.807, 2.05) is 0 Å². The van der Waals surface area contributed by atoms with Crippen molar-refractivity contribution in [2.45, 2.75) is 38.1 Å². The molecular formula is C8H16ClN. The van der Waals surface area contributed by atoms with Crippen LogP contribution in [0.3, 0.4) is 0 Å². The summed E-state index contributed by atoms with van der Waals surface area (Å²) in [5.74, 6) is 0.724. The standard InChI is InChI=1S/C8H16ClN/c1-6(2)8-5-7(9)3-4-10-8/h6-8,10H,3-5H2,1-2H3/t7-,8+/m1/s1.